The van der Waals surface area contributed by atoms with Gasteiger partial charge < -0.3 is 5.32 Å². The van der Waals surface area contributed by atoms with Crippen LogP contribution in [-0.2, 0) is 6.54 Å². The molecule has 1 amide bonds. The van der Waals surface area contributed by atoms with Crippen molar-refractivity contribution in [2.24, 2.45) is 0 Å². The van der Waals surface area contributed by atoms with E-state index < -0.39 is 0 Å². The third-order valence-corrected chi connectivity index (χ3v) is 4.09. The van der Waals surface area contributed by atoms with Crippen LogP contribution in [0.15, 0.2) is 24.3 Å². The number of amides is 1. The normalized spacial score (nSPS) is 17.5. The number of hydrogen-bond donors (Lipinski definition) is 1. The Bertz CT molecular complexity index is 538. The molecule has 2 aliphatic carbocycles. The topological polar surface area (TPSA) is 56.1 Å². The third kappa shape index (κ3) is 4.05. The van der Waals surface area contributed by atoms with Gasteiger partial charge in [-0.1, -0.05) is 12.1 Å². The minimum atomic E-state index is 0.0348. The molecule has 2 saturated carbocycles. The van der Waals surface area contributed by atoms with Crippen LogP contribution in [0.2, 0.25) is 0 Å². The summed E-state index contributed by atoms with van der Waals surface area (Å²) >= 11 is 0. The fourth-order valence-electron chi connectivity index (χ4n) is 2.52. The molecule has 3 rings (SSSR count). The van der Waals surface area contributed by atoms with E-state index >= 15 is 0 Å². The van der Waals surface area contributed by atoms with Crippen molar-refractivity contribution in [2.45, 2.75) is 50.7 Å². The van der Waals surface area contributed by atoms with E-state index in [1.807, 2.05) is 24.3 Å². The molecule has 1 aromatic carbocycles. The highest BCUT2D eigenvalue weighted by Gasteiger charge is 2.28. The van der Waals surface area contributed by atoms with Gasteiger partial charge in [-0.05, 0) is 43.4 Å². The first-order valence-corrected chi connectivity index (χ1v) is 7.77. The highest BCUT2D eigenvalue weighted by molar-refractivity contribution is 5.94. The summed E-state index contributed by atoms with van der Waals surface area (Å²) in [7, 11) is 0. The molecule has 4 nitrogen and oxygen atoms in total. The highest BCUT2D eigenvalue weighted by atomic mass is 16.1. The van der Waals surface area contributed by atoms with Crippen molar-refractivity contribution in [3.63, 3.8) is 0 Å². The van der Waals surface area contributed by atoms with E-state index in [-0.39, 0.29) is 5.91 Å². The fraction of sp³-hybridized carbons (Fsp3) is 0.529. The van der Waals surface area contributed by atoms with Crippen LogP contribution in [0, 0.1) is 11.3 Å². The lowest BCUT2D eigenvalue weighted by molar-refractivity contribution is 0.0951. The minimum Gasteiger partial charge on any atom is -0.349 e. The molecule has 4 heteroatoms. The zero-order chi connectivity index (χ0) is 14.7. The number of carbonyl (C=O) groups is 1. The van der Waals surface area contributed by atoms with Crippen LogP contribution in [0.4, 0.5) is 0 Å². The molecular weight excluding hydrogens is 262 g/mol. The number of nitriles is 1. The Morgan fingerprint density at radius 2 is 1.95 bits per heavy atom. The molecule has 110 valence electrons. The average molecular weight is 283 g/mol. The molecule has 1 aromatic rings. The summed E-state index contributed by atoms with van der Waals surface area (Å²) in [5, 5.41) is 11.7. The molecule has 0 aromatic heterocycles. The summed E-state index contributed by atoms with van der Waals surface area (Å²) in [6, 6.07) is 11.1. The highest BCUT2D eigenvalue weighted by Crippen LogP contribution is 2.28. The van der Waals surface area contributed by atoms with E-state index in [1.54, 1.807) is 0 Å². The lowest BCUT2D eigenvalue weighted by Gasteiger charge is -2.20. The Kier molecular flexibility index (Phi) is 4.21. The van der Waals surface area contributed by atoms with Gasteiger partial charge in [-0.25, -0.2) is 0 Å². The van der Waals surface area contributed by atoms with Crippen LogP contribution in [0.3, 0.4) is 0 Å². The molecular formula is C17H21N3O. The maximum Gasteiger partial charge on any atom is 0.251 e. The molecule has 0 saturated heterocycles. The van der Waals surface area contributed by atoms with Crippen molar-refractivity contribution in [1.82, 2.24) is 10.2 Å². The Hall–Kier alpha value is -1.86. The molecule has 0 bridgehead atoms. The molecule has 0 heterocycles. The SMILES string of the molecule is N#CCCN(Cc1ccc(C(=O)NC2CC2)cc1)C1CC1. The van der Waals surface area contributed by atoms with E-state index in [1.165, 1.54) is 18.4 Å². The summed E-state index contributed by atoms with van der Waals surface area (Å²) in [5.74, 6) is 0.0348. The van der Waals surface area contributed by atoms with Crippen molar-refractivity contribution >= 4 is 5.91 Å². The summed E-state index contributed by atoms with van der Waals surface area (Å²) in [6.07, 6.45) is 5.29. The molecule has 0 spiro atoms. The van der Waals surface area contributed by atoms with E-state index in [0.717, 1.165) is 31.5 Å². The van der Waals surface area contributed by atoms with Crippen LogP contribution in [-0.4, -0.2) is 29.4 Å². The summed E-state index contributed by atoms with van der Waals surface area (Å²) in [6.45, 7) is 1.71. The number of rotatable bonds is 7. The van der Waals surface area contributed by atoms with Gasteiger partial charge in [-0.2, -0.15) is 5.26 Å². The van der Waals surface area contributed by atoms with Gasteiger partial charge in [0.15, 0.2) is 0 Å². The predicted octanol–water partition coefficient (Wildman–Crippen LogP) is 2.46. The Balaban J connectivity index is 1.57. The predicted molar refractivity (Wildman–Crippen MR) is 80.6 cm³/mol. The second kappa shape index (κ2) is 6.28. The number of hydrogen-bond acceptors (Lipinski definition) is 3. The van der Waals surface area contributed by atoms with Crippen LogP contribution in [0.25, 0.3) is 0 Å². The van der Waals surface area contributed by atoms with Crippen molar-refractivity contribution < 1.29 is 4.79 Å². The molecule has 2 aliphatic rings. The first-order chi connectivity index (χ1) is 10.3. The first-order valence-electron chi connectivity index (χ1n) is 7.77. The largest absolute Gasteiger partial charge is 0.349 e. The van der Waals surface area contributed by atoms with Gasteiger partial charge in [0.05, 0.1) is 6.07 Å². The van der Waals surface area contributed by atoms with Gasteiger partial charge in [0, 0.05) is 37.2 Å². The fourth-order valence-corrected chi connectivity index (χ4v) is 2.52. The zero-order valence-corrected chi connectivity index (χ0v) is 12.2. The van der Waals surface area contributed by atoms with Crippen LogP contribution >= 0.6 is 0 Å². The molecule has 0 unspecified atom stereocenters. The maximum atomic E-state index is 11.9. The first kappa shape index (κ1) is 14.1. The smallest absolute Gasteiger partial charge is 0.251 e. The third-order valence-electron chi connectivity index (χ3n) is 4.09. The average Bonchev–Trinajstić information content (AvgIpc) is 3.37. The van der Waals surface area contributed by atoms with Gasteiger partial charge in [-0.3, -0.25) is 9.69 Å². The molecule has 2 fully saturated rings. The van der Waals surface area contributed by atoms with Crippen molar-refractivity contribution in [3.05, 3.63) is 35.4 Å². The van der Waals surface area contributed by atoms with Crippen molar-refractivity contribution in [1.29, 1.82) is 5.26 Å². The van der Waals surface area contributed by atoms with Crippen LogP contribution in [0.1, 0.15) is 48.0 Å². The van der Waals surface area contributed by atoms with Gasteiger partial charge >= 0.3 is 0 Å². The number of benzene rings is 1. The van der Waals surface area contributed by atoms with E-state index in [4.69, 9.17) is 5.26 Å². The molecule has 1 N–H and O–H groups in total. The molecule has 0 atom stereocenters. The Morgan fingerprint density at radius 3 is 2.52 bits per heavy atom. The second-order valence-electron chi connectivity index (χ2n) is 6.05. The standard InChI is InChI=1S/C17H21N3O/c18-10-1-11-20(16-8-9-16)12-13-2-4-14(5-3-13)17(21)19-15-6-7-15/h2-5,15-16H,1,6-9,11-12H2,(H,19,21). The zero-order valence-electron chi connectivity index (χ0n) is 12.2. The number of nitrogens with one attached hydrogen (secondary N) is 1. The Morgan fingerprint density at radius 1 is 1.24 bits per heavy atom. The van der Waals surface area contributed by atoms with Crippen molar-refractivity contribution in [2.75, 3.05) is 6.54 Å². The molecule has 0 aliphatic heterocycles. The van der Waals surface area contributed by atoms with Gasteiger partial charge in [-0.15, -0.1) is 0 Å². The summed E-state index contributed by atoms with van der Waals surface area (Å²) in [5.41, 5.74) is 1.95. The van der Waals surface area contributed by atoms with Crippen LogP contribution in [0.5, 0.6) is 0 Å². The van der Waals surface area contributed by atoms with Crippen LogP contribution < -0.4 is 5.32 Å². The summed E-state index contributed by atoms with van der Waals surface area (Å²) in [4.78, 5) is 14.3. The lowest BCUT2D eigenvalue weighted by Crippen LogP contribution is -2.27. The number of nitrogens with zero attached hydrogens (tertiary/aromatic N) is 2. The minimum absolute atomic E-state index is 0.0348. The van der Waals surface area contributed by atoms with Gasteiger partial charge in [0.2, 0.25) is 0 Å². The van der Waals surface area contributed by atoms with Crippen molar-refractivity contribution in [3.8, 4) is 6.07 Å². The molecule has 0 radical (unpaired) electrons. The Labute approximate surface area is 125 Å². The van der Waals surface area contributed by atoms with E-state index in [9.17, 15) is 4.79 Å². The van der Waals surface area contributed by atoms with E-state index in [2.05, 4.69) is 16.3 Å². The molecule has 21 heavy (non-hydrogen) atoms. The van der Waals surface area contributed by atoms with Gasteiger partial charge in [0.25, 0.3) is 5.91 Å². The summed E-state index contributed by atoms with van der Waals surface area (Å²) < 4.78 is 0. The number of carbonyl (C=O) groups excluding carboxylic acids is 1. The quantitative estimate of drug-likeness (QED) is 0.836. The lowest BCUT2D eigenvalue weighted by atomic mass is 10.1. The monoisotopic (exact) mass is 283 g/mol. The maximum absolute atomic E-state index is 11.9. The van der Waals surface area contributed by atoms with Gasteiger partial charge in [0.1, 0.15) is 0 Å². The van der Waals surface area contributed by atoms with E-state index in [0.29, 0.717) is 18.5 Å². The second-order valence-corrected chi connectivity index (χ2v) is 6.05.